The van der Waals surface area contributed by atoms with Crippen LogP contribution < -0.4 is 5.73 Å². The number of esters is 2. The highest BCUT2D eigenvalue weighted by Gasteiger charge is 2.26. The van der Waals surface area contributed by atoms with Crippen molar-refractivity contribution in [1.29, 1.82) is 0 Å². The molecule has 0 aliphatic carbocycles. The third-order valence-corrected chi connectivity index (χ3v) is 21.3. The molecule has 0 aliphatic rings. The second-order valence-electron chi connectivity index (χ2n) is 30.1. The van der Waals surface area contributed by atoms with Gasteiger partial charge in [-0.25, -0.2) is 4.57 Å². The molecule has 0 radical (unpaired) electrons. The quantitative estimate of drug-likeness (QED) is 0.0264. The van der Waals surface area contributed by atoms with Gasteiger partial charge in [-0.1, -0.05) is 455 Å². The predicted molar refractivity (Wildman–Crippen MR) is 427 cm³/mol. The highest BCUT2D eigenvalue weighted by molar-refractivity contribution is 7.47. The van der Waals surface area contributed by atoms with E-state index < -0.39 is 26.5 Å². The zero-order valence-electron chi connectivity index (χ0n) is 65.8. The summed E-state index contributed by atoms with van der Waals surface area (Å²) in [5.41, 5.74) is 5.42. The number of nitrogens with two attached hydrogens (primary N) is 1. The lowest BCUT2D eigenvalue weighted by molar-refractivity contribution is -0.161. The number of phosphoric acid groups is 1. The summed E-state index contributed by atoms with van der Waals surface area (Å²) in [4.78, 5) is 35.5. The molecule has 0 saturated heterocycles. The number of ether oxygens (including phenoxy) is 2. The van der Waals surface area contributed by atoms with Crippen molar-refractivity contribution >= 4 is 19.8 Å². The molecule has 0 fully saturated rings. The maximum absolute atomic E-state index is 12.8. The first-order chi connectivity index (χ1) is 48.3. The van der Waals surface area contributed by atoms with E-state index in [1.54, 1.807) is 0 Å². The van der Waals surface area contributed by atoms with Crippen LogP contribution in [0.4, 0.5) is 0 Å². The zero-order valence-corrected chi connectivity index (χ0v) is 66.7. The van der Waals surface area contributed by atoms with Crippen molar-refractivity contribution in [3.05, 3.63) is 36.5 Å². The average Bonchev–Trinajstić information content (AvgIpc) is 1.57. The van der Waals surface area contributed by atoms with Crippen LogP contribution in [0.5, 0.6) is 0 Å². The number of rotatable bonds is 85. The van der Waals surface area contributed by atoms with Crippen molar-refractivity contribution in [3.8, 4) is 0 Å². The van der Waals surface area contributed by atoms with Crippen molar-refractivity contribution in [1.82, 2.24) is 0 Å². The molecule has 9 nitrogen and oxygen atoms in total. The Morgan fingerprint density at radius 1 is 0.306 bits per heavy atom. The minimum atomic E-state index is -4.40. The molecular formula is C88H170NO8P. The summed E-state index contributed by atoms with van der Waals surface area (Å²) in [6.07, 6.45) is 109. The van der Waals surface area contributed by atoms with Gasteiger partial charge in [0.05, 0.1) is 13.2 Å². The molecule has 0 rings (SSSR count). The number of carbonyl (C=O) groups is 2. The first kappa shape index (κ1) is 96.2. The molecule has 0 saturated carbocycles. The fourth-order valence-electron chi connectivity index (χ4n) is 13.8. The first-order valence-corrected chi connectivity index (χ1v) is 45.5. The Labute approximate surface area is 611 Å². The van der Waals surface area contributed by atoms with Gasteiger partial charge in [0.2, 0.25) is 0 Å². The highest BCUT2D eigenvalue weighted by atomic mass is 31.2. The van der Waals surface area contributed by atoms with Crippen LogP contribution in [0.1, 0.15) is 483 Å². The molecule has 580 valence electrons. The van der Waals surface area contributed by atoms with Crippen LogP contribution in [-0.4, -0.2) is 49.3 Å². The summed E-state index contributed by atoms with van der Waals surface area (Å²) in [7, 11) is -4.40. The van der Waals surface area contributed by atoms with Gasteiger partial charge in [-0.05, 0) is 51.4 Å². The monoisotopic (exact) mass is 1400 g/mol. The van der Waals surface area contributed by atoms with Crippen LogP contribution in [0.2, 0.25) is 0 Å². The van der Waals surface area contributed by atoms with Crippen molar-refractivity contribution in [2.24, 2.45) is 5.73 Å². The largest absolute Gasteiger partial charge is 0.472 e. The number of hydrogen-bond acceptors (Lipinski definition) is 8. The molecule has 0 amide bonds. The molecule has 0 aromatic heterocycles. The minimum absolute atomic E-state index is 0.0569. The molecule has 2 atom stereocenters. The summed E-state index contributed by atoms with van der Waals surface area (Å²) < 4.78 is 33.3. The van der Waals surface area contributed by atoms with Crippen LogP contribution >= 0.6 is 7.82 Å². The number of hydrogen-bond donors (Lipinski definition) is 2. The van der Waals surface area contributed by atoms with Gasteiger partial charge in [-0.3, -0.25) is 18.6 Å². The van der Waals surface area contributed by atoms with E-state index in [0.717, 1.165) is 44.9 Å². The Hall–Kier alpha value is -1.77. The zero-order chi connectivity index (χ0) is 70.8. The number of allylic oxidation sites excluding steroid dienone is 6. The Morgan fingerprint density at radius 3 is 0.786 bits per heavy atom. The lowest BCUT2D eigenvalue weighted by atomic mass is 10.0. The predicted octanol–water partition coefficient (Wildman–Crippen LogP) is 29.7. The Bertz CT molecular complexity index is 1700. The normalized spacial score (nSPS) is 12.9. The summed E-state index contributed by atoms with van der Waals surface area (Å²) in [5.74, 6) is -0.798. The maximum Gasteiger partial charge on any atom is 0.472 e. The van der Waals surface area contributed by atoms with Gasteiger partial charge in [0.1, 0.15) is 6.61 Å². The molecule has 10 heteroatoms. The molecule has 3 N–H and O–H groups in total. The maximum atomic E-state index is 12.8. The van der Waals surface area contributed by atoms with E-state index >= 15 is 0 Å². The smallest absolute Gasteiger partial charge is 0.462 e. The third kappa shape index (κ3) is 83.2. The van der Waals surface area contributed by atoms with Crippen molar-refractivity contribution in [2.75, 3.05) is 26.4 Å². The summed E-state index contributed by atoms with van der Waals surface area (Å²) in [5, 5.41) is 0. The van der Waals surface area contributed by atoms with E-state index in [0.29, 0.717) is 6.42 Å². The van der Waals surface area contributed by atoms with Crippen LogP contribution in [0.3, 0.4) is 0 Å². The molecule has 0 aromatic rings. The molecule has 0 aliphatic heterocycles. The number of carbonyl (C=O) groups excluding carboxylic acids is 2. The van der Waals surface area contributed by atoms with Crippen LogP contribution in [0.25, 0.3) is 0 Å². The average molecular weight is 1400 g/mol. The van der Waals surface area contributed by atoms with Gasteiger partial charge in [0.15, 0.2) is 6.10 Å². The van der Waals surface area contributed by atoms with Gasteiger partial charge in [0.25, 0.3) is 0 Å². The SMILES string of the molecule is CCCCCCC/C=C\C/C=C\C/C=C\CCCCCCCCCCCCCCCCCCCCCCCCC(=O)OC(COC(=O)CCCCCCCCCCCCCCCCCCCCCCCCCCCCCCCCCCCCCCCCCC)COP(=O)(O)OCCN. The van der Waals surface area contributed by atoms with Crippen molar-refractivity contribution in [2.45, 2.75) is 489 Å². The molecule has 0 heterocycles. The van der Waals surface area contributed by atoms with E-state index in [9.17, 15) is 19.0 Å². The van der Waals surface area contributed by atoms with Crippen LogP contribution in [0, 0.1) is 0 Å². The molecule has 0 spiro atoms. The van der Waals surface area contributed by atoms with Gasteiger partial charge >= 0.3 is 19.8 Å². The fraction of sp³-hybridized carbons (Fsp3) is 0.909. The minimum Gasteiger partial charge on any atom is -0.462 e. The van der Waals surface area contributed by atoms with Gasteiger partial charge in [0, 0.05) is 19.4 Å². The number of phosphoric ester groups is 1. The lowest BCUT2D eigenvalue weighted by Gasteiger charge is -2.19. The van der Waals surface area contributed by atoms with Gasteiger partial charge < -0.3 is 20.1 Å². The van der Waals surface area contributed by atoms with Crippen LogP contribution in [0.15, 0.2) is 36.5 Å². The van der Waals surface area contributed by atoms with Crippen molar-refractivity contribution in [3.63, 3.8) is 0 Å². The van der Waals surface area contributed by atoms with E-state index in [1.165, 1.54) is 405 Å². The summed E-state index contributed by atoms with van der Waals surface area (Å²) in [6.45, 7) is 3.83. The van der Waals surface area contributed by atoms with Crippen LogP contribution in [-0.2, 0) is 32.7 Å². The fourth-order valence-corrected chi connectivity index (χ4v) is 14.5. The molecular weight excluding hydrogens is 1230 g/mol. The van der Waals surface area contributed by atoms with Crippen molar-refractivity contribution < 1.29 is 37.6 Å². The summed E-state index contributed by atoms with van der Waals surface area (Å²) >= 11 is 0. The molecule has 98 heavy (non-hydrogen) atoms. The van der Waals surface area contributed by atoms with Gasteiger partial charge in [-0.2, -0.15) is 0 Å². The molecule has 2 unspecified atom stereocenters. The second kappa shape index (κ2) is 84.2. The highest BCUT2D eigenvalue weighted by Crippen LogP contribution is 2.43. The molecule has 0 aromatic carbocycles. The first-order valence-electron chi connectivity index (χ1n) is 44.0. The Kier molecular flexibility index (Phi) is 82.6. The lowest BCUT2D eigenvalue weighted by Crippen LogP contribution is -2.29. The second-order valence-corrected chi connectivity index (χ2v) is 31.6. The Morgan fingerprint density at radius 2 is 0.531 bits per heavy atom. The number of unbranched alkanes of at least 4 members (excludes halogenated alkanes) is 66. The van der Waals surface area contributed by atoms with Gasteiger partial charge in [-0.15, -0.1) is 0 Å². The standard InChI is InChI=1S/C88H170NO8P/c1-3-5-7-9-11-13-15-17-19-21-23-25-27-29-31-33-35-37-39-41-42-43-45-46-48-50-52-54-56-58-60-62-64-66-68-70-72-74-76-78-80-87(90)94-84-86(85-96-98(92,93)95-83-82-89)97-88(91)81-79-77-75-73-71-69-67-65-63-61-59-57-55-53-51-49-47-44-40-38-36-34-32-30-28-26-24-22-20-18-16-14-12-10-8-6-4-2/h16,18,22,24,28,30,86H,3-15,17,19-21,23,25-27,29,31-85,89H2,1-2H3,(H,92,93)/b18-16-,24-22-,30-28-. The summed E-state index contributed by atoms with van der Waals surface area (Å²) in [6, 6.07) is 0. The van der Waals surface area contributed by atoms with E-state index in [-0.39, 0.29) is 38.6 Å². The van der Waals surface area contributed by atoms with E-state index in [4.69, 9.17) is 24.3 Å². The Balaban J connectivity index is 3.70. The van der Waals surface area contributed by atoms with E-state index in [1.807, 2.05) is 0 Å². The molecule has 0 bridgehead atoms. The topological polar surface area (TPSA) is 134 Å². The third-order valence-electron chi connectivity index (χ3n) is 20.3. The van der Waals surface area contributed by atoms with E-state index in [2.05, 4.69) is 50.3 Å².